The molecular formula is C15H19N5O2. The fourth-order valence-corrected chi connectivity index (χ4v) is 2.77. The zero-order valence-electron chi connectivity index (χ0n) is 12.5. The number of likely N-dealkylation sites (tertiary alicyclic amines) is 1. The van der Waals surface area contributed by atoms with Gasteiger partial charge < -0.3 is 10.0 Å². The van der Waals surface area contributed by atoms with E-state index in [1.54, 1.807) is 11.1 Å². The Balaban J connectivity index is 1.69. The molecule has 7 nitrogen and oxygen atoms in total. The number of nitrogens with zero attached hydrogens (tertiary/aromatic N) is 4. The largest absolute Gasteiger partial charge is 0.382 e. The summed E-state index contributed by atoms with van der Waals surface area (Å²) in [7, 11) is 0. The van der Waals surface area contributed by atoms with Crippen LogP contribution < -0.4 is 0 Å². The first-order valence-electron chi connectivity index (χ1n) is 7.35. The van der Waals surface area contributed by atoms with Gasteiger partial charge in [-0.3, -0.25) is 9.78 Å². The van der Waals surface area contributed by atoms with Crippen molar-refractivity contribution in [2.75, 3.05) is 13.1 Å². The predicted octanol–water partition coefficient (Wildman–Crippen LogP) is 0.561. The molecule has 3 heterocycles. The monoisotopic (exact) mass is 301 g/mol. The summed E-state index contributed by atoms with van der Waals surface area (Å²) in [5.41, 5.74) is 1.18. The smallest absolute Gasteiger partial charge is 0.227 e. The number of β-amino-alcohol motifs (C(OH)–C–C–N with tert-alkyl or cyclic N) is 1. The van der Waals surface area contributed by atoms with Crippen molar-refractivity contribution in [2.24, 2.45) is 0 Å². The second-order valence-electron chi connectivity index (χ2n) is 5.79. The summed E-state index contributed by atoms with van der Waals surface area (Å²) in [5, 5.41) is 20.9. The first kappa shape index (κ1) is 14.6. The first-order valence-corrected chi connectivity index (χ1v) is 7.35. The van der Waals surface area contributed by atoms with Gasteiger partial charge in [-0.1, -0.05) is 6.07 Å². The van der Waals surface area contributed by atoms with Crippen molar-refractivity contribution in [1.29, 1.82) is 0 Å². The number of aryl methyl sites for hydroxylation is 1. The lowest BCUT2D eigenvalue weighted by Crippen LogP contribution is -2.49. The summed E-state index contributed by atoms with van der Waals surface area (Å²) in [5.74, 6) is -0.00715. The maximum Gasteiger partial charge on any atom is 0.227 e. The van der Waals surface area contributed by atoms with Crippen LogP contribution in [0.1, 0.15) is 29.8 Å². The Hall–Kier alpha value is -2.28. The number of aromatic nitrogens is 4. The molecule has 1 atom stereocenters. The van der Waals surface area contributed by atoms with E-state index >= 15 is 0 Å². The van der Waals surface area contributed by atoms with Gasteiger partial charge in [-0.25, -0.2) is 0 Å². The lowest BCUT2D eigenvalue weighted by molar-refractivity contribution is -0.138. The lowest BCUT2D eigenvalue weighted by Gasteiger charge is -2.38. The van der Waals surface area contributed by atoms with Gasteiger partial charge in [0.15, 0.2) is 0 Å². The van der Waals surface area contributed by atoms with E-state index in [0.717, 1.165) is 17.7 Å². The van der Waals surface area contributed by atoms with Crippen LogP contribution >= 0.6 is 0 Å². The molecule has 2 aromatic rings. The van der Waals surface area contributed by atoms with E-state index in [1.165, 1.54) is 6.20 Å². The van der Waals surface area contributed by atoms with E-state index in [-0.39, 0.29) is 12.5 Å². The zero-order valence-corrected chi connectivity index (χ0v) is 12.5. The molecule has 1 amide bonds. The Morgan fingerprint density at radius 3 is 3.00 bits per heavy atom. The van der Waals surface area contributed by atoms with Gasteiger partial charge >= 0.3 is 0 Å². The van der Waals surface area contributed by atoms with Crippen LogP contribution in [0.3, 0.4) is 0 Å². The molecule has 7 heteroatoms. The Morgan fingerprint density at radius 1 is 1.45 bits per heavy atom. The fraction of sp³-hybridized carbons (Fsp3) is 0.467. The quantitative estimate of drug-likeness (QED) is 0.864. The van der Waals surface area contributed by atoms with Crippen LogP contribution in [0.15, 0.2) is 24.5 Å². The number of aliphatic hydroxyl groups is 1. The van der Waals surface area contributed by atoms with E-state index in [4.69, 9.17) is 0 Å². The predicted molar refractivity (Wildman–Crippen MR) is 78.8 cm³/mol. The van der Waals surface area contributed by atoms with Crippen molar-refractivity contribution in [2.45, 2.75) is 31.8 Å². The Labute approximate surface area is 128 Å². The highest BCUT2D eigenvalue weighted by Gasteiger charge is 2.38. The molecule has 0 bridgehead atoms. The molecule has 0 spiro atoms. The van der Waals surface area contributed by atoms with E-state index in [1.807, 2.05) is 19.1 Å². The second-order valence-corrected chi connectivity index (χ2v) is 5.79. The number of nitrogens with one attached hydrogen (secondary N) is 1. The standard InChI is InChI=1S/C15H19N5O2/c1-11-3-4-12(8-16-11)7-14(21)20-6-2-5-15(22,10-20)13-9-17-19-18-13/h3-4,8-9,22H,2,5-7,10H2,1H3,(H,17,18,19). The molecule has 1 aliphatic heterocycles. The number of piperidine rings is 1. The van der Waals surface area contributed by atoms with Gasteiger partial charge in [0, 0.05) is 18.4 Å². The SMILES string of the molecule is Cc1ccc(CC(=O)N2CCCC(O)(c3cn[nH]n3)C2)cn1. The van der Waals surface area contributed by atoms with Crippen molar-refractivity contribution in [1.82, 2.24) is 25.3 Å². The summed E-state index contributed by atoms with van der Waals surface area (Å²) in [6, 6.07) is 3.80. The molecule has 2 aromatic heterocycles. The molecular weight excluding hydrogens is 282 g/mol. The average Bonchev–Trinajstić information content (AvgIpc) is 3.05. The molecule has 1 unspecified atom stereocenters. The van der Waals surface area contributed by atoms with Gasteiger partial charge in [0.2, 0.25) is 5.91 Å². The van der Waals surface area contributed by atoms with Gasteiger partial charge in [0.05, 0.1) is 19.2 Å². The Kier molecular flexibility index (Phi) is 3.89. The number of amides is 1. The summed E-state index contributed by atoms with van der Waals surface area (Å²) in [4.78, 5) is 18.3. The third-order valence-electron chi connectivity index (χ3n) is 4.04. The van der Waals surface area contributed by atoms with E-state index < -0.39 is 5.60 Å². The molecule has 2 N–H and O–H groups in total. The minimum atomic E-state index is -1.12. The maximum absolute atomic E-state index is 12.5. The normalized spacial score (nSPS) is 21.8. The number of hydrogen-bond donors (Lipinski definition) is 2. The first-order chi connectivity index (χ1) is 10.6. The second kappa shape index (κ2) is 5.84. The van der Waals surface area contributed by atoms with E-state index in [2.05, 4.69) is 20.4 Å². The molecule has 1 saturated heterocycles. The topological polar surface area (TPSA) is 95.0 Å². The highest BCUT2D eigenvalue weighted by molar-refractivity contribution is 5.78. The number of hydrogen-bond acceptors (Lipinski definition) is 5. The third kappa shape index (κ3) is 2.99. The highest BCUT2D eigenvalue weighted by atomic mass is 16.3. The zero-order chi connectivity index (χ0) is 15.6. The van der Waals surface area contributed by atoms with E-state index in [0.29, 0.717) is 25.1 Å². The van der Waals surface area contributed by atoms with Gasteiger partial charge in [-0.15, -0.1) is 0 Å². The molecule has 0 radical (unpaired) electrons. The average molecular weight is 301 g/mol. The molecule has 3 rings (SSSR count). The lowest BCUT2D eigenvalue weighted by atomic mass is 9.90. The van der Waals surface area contributed by atoms with Crippen molar-refractivity contribution in [3.8, 4) is 0 Å². The molecule has 116 valence electrons. The van der Waals surface area contributed by atoms with Crippen molar-refractivity contribution in [3.05, 3.63) is 41.5 Å². The number of pyridine rings is 1. The summed E-state index contributed by atoms with van der Waals surface area (Å²) >= 11 is 0. The van der Waals surface area contributed by atoms with Crippen molar-refractivity contribution in [3.63, 3.8) is 0 Å². The fourth-order valence-electron chi connectivity index (χ4n) is 2.77. The van der Waals surface area contributed by atoms with Crippen LogP contribution in [-0.4, -0.2) is 49.4 Å². The van der Waals surface area contributed by atoms with E-state index in [9.17, 15) is 9.90 Å². The number of carbonyl (C=O) groups excluding carboxylic acids is 1. The van der Waals surface area contributed by atoms with Gasteiger partial charge in [-0.2, -0.15) is 15.4 Å². The van der Waals surface area contributed by atoms with Gasteiger partial charge in [0.1, 0.15) is 11.3 Å². The summed E-state index contributed by atoms with van der Waals surface area (Å²) < 4.78 is 0. The van der Waals surface area contributed by atoms with Crippen LogP contribution in [0.4, 0.5) is 0 Å². The van der Waals surface area contributed by atoms with Crippen LogP contribution in [0, 0.1) is 6.92 Å². The van der Waals surface area contributed by atoms with Crippen LogP contribution in [0.2, 0.25) is 0 Å². The number of rotatable bonds is 3. The maximum atomic E-state index is 12.5. The number of H-pyrrole nitrogens is 1. The number of carbonyl (C=O) groups is 1. The minimum Gasteiger partial charge on any atom is -0.382 e. The molecule has 0 aromatic carbocycles. The van der Waals surface area contributed by atoms with Crippen LogP contribution in [0.5, 0.6) is 0 Å². The third-order valence-corrected chi connectivity index (χ3v) is 4.04. The van der Waals surface area contributed by atoms with Crippen LogP contribution in [0.25, 0.3) is 0 Å². The van der Waals surface area contributed by atoms with Gasteiger partial charge in [0.25, 0.3) is 0 Å². The summed E-state index contributed by atoms with van der Waals surface area (Å²) in [6.07, 6.45) is 4.84. The molecule has 22 heavy (non-hydrogen) atoms. The number of aromatic amines is 1. The summed E-state index contributed by atoms with van der Waals surface area (Å²) in [6.45, 7) is 2.81. The molecule has 1 aliphatic rings. The molecule has 1 fully saturated rings. The van der Waals surface area contributed by atoms with Crippen molar-refractivity contribution >= 4 is 5.91 Å². The Bertz CT molecular complexity index is 640. The molecule has 0 saturated carbocycles. The minimum absolute atomic E-state index is 0.00715. The van der Waals surface area contributed by atoms with Gasteiger partial charge in [-0.05, 0) is 31.4 Å². The van der Waals surface area contributed by atoms with Crippen molar-refractivity contribution < 1.29 is 9.90 Å². The highest BCUT2D eigenvalue weighted by Crippen LogP contribution is 2.29. The molecule has 0 aliphatic carbocycles. The Morgan fingerprint density at radius 2 is 2.32 bits per heavy atom. The van der Waals surface area contributed by atoms with Crippen LogP contribution in [-0.2, 0) is 16.8 Å².